The van der Waals surface area contributed by atoms with Crippen molar-refractivity contribution in [1.29, 1.82) is 0 Å². The summed E-state index contributed by atoms with van der Waals surface area (Å²) < 4.78 is 0. The van der Waals surface area contributed by atoms with Crippen molar-refractivity contribution in [2.45, 2.75) is 6.92 Å². The van der Waals surface area contributed by atoms with Gasteiger partial charge in [0, 0.05) is 0 Å². The molecule has 0 heterocycles. The molecule has 0 aliphatic heterocycles. The van der Waals surface area contributed by atoms with Crippen LogP contribution < -0.4 is 0 Å². The Kier molecular flexibility index (Phi) is 1.78. The first-order valence-electron chi connectivity index (χ1n) is 1.97. The monoisotopic (exact) mass is 83.1 g/mol. The van der Waals surface area contributed by atoms with Crippen LogP contribution in [0.3, 0.4) is 0 Å². The standard InChI is InChI=1S/C4H10BN/c1-4(2)6(3)5/h1,5H2,2-3H3. The first kappa shape index (κ1) is 5.60. The van der Waals surface area contributed by atoms with E-state index in [1.54, 1.807) is 0 Å². The molecule has 0 spiro atoms. The van der Waals surface area contributed by atoms with Crippen molar-refractivity contribution in [2.75, 3.05) is 7.05 Å². The Morgan fingerprint density at radius 1 is 1.83 bits per heavy atom. The first-order chi connectivity index (χ1) is 2.64. The number of allylic oxidation sites excluding steroid dienone is 1. The normalized spacial score (nSPS) is 7.67. The van der Waals surface area contributed by atoms with Gasteiger partial charge in [0.1, 0.15) is 0 Å². The Morgan fingerprint density at radius 2 is 2.00 bits per heavy atom. The van der Waals surface area contributed by atoms with E-state index in [0.717, 1.165) is 5.70 Å². The van der Waals surface area contributed by atoms with E-state index in [9.17, 15) is 0 Å². The Bertz CT molecular complexity index is 58.6. The fraction of sp³-hybridized carbons (Fsp3) is 0.500. The average Bonchev–Trinajstić information content (AvgIpc) is 1.36. The predicted molar refractivity (Wildman–Crippen MR) is 31.1 cm³/mol. The smallest absolute Gasteiger partial charge is 0.216 e. The Morgan fingerprint density at radius 3 is 2.00 bits per heavy atom. The summed E-state index contributed by atoms with van der Waals surface area (Å²) in [6, 6.07) is 0. The Hall–Kier alpha value is -0.395. The molecule has 1 nitrogen and oxygen atoms in total. The number of nitrogens with zero attached hydrogens (tertiary/aromatic N) is 1. The van der Waals surface area contributed by atoms with Crippen LogP contribution in [0, 0.1) is 0 Å². The molecule has 0 aliphatic rings. The van der Waals surface area contributed by atoms with Crippen molar-refractivity contribution in [1.82, 2.24) is 4.81 Å². The molecule has 0 amide bonds. The zero-order valence-corrected chi connectivity index (χ0v) is 4.65. The molecule has 0 fully saturated rings. The van der Waals surface area contributed by atoms with Crippen LogP contribution >= 0.6 is 0 Å². The average molecular weight is 82.9 g/mol. The van der Waals surface area contributed by atoms with E-state index in [2.05, 4.69) is 6.58 Å². The molecule has 0 aromatic rings. The lowest BCUT2D eigenvalue weighted by Gasteiger charge is -2.09. The number of hydrogen-bond acceptors (Lipinski definition) is 1. The van der Waals surface area contributed by atoms with Crippen molar-refractivity contribution in [3.8, 4) is 0 Å². The summed E-state index contributed by atoms with van der Waals surface area (Å²) in [5, 5.41) is 0. The van der Waals surface area contributed by atoms with Crippen molar-refractivity contribution >= 4 is 7.98 Å². The quantitative estimate of drug-likeness (QED) is 0.403. The minimum Gasteiger partial charge on any atom is -0.428 e. The van der Waals surface area contributed by atoms with E-state index in [-0.39, 0.29) is 0 Å². The molecule has 0 N–H and O–H groups in total. The highest BCUT2D eigenvalue weighted by atomic mass is 15.0. The van der Waals surface area contributed by atoms with E-state index in [1.807, 2.05) is 26.8 Å². The maximum atomic E-state index is 3.68. The topological polar surface area (TPSA) is 3.24 Å². The van der Waals surface area contributed by atoms with Crippen LogP contribution in [0.25, 0.3) is 0 Å². The molecule has 0 rings (SSSR count). The molecule has 0 atom stereocenters. The molecule has 0 aliphatic carbocycles. The molecule has 2 heteroatoms. The van der Waals surface area contributed by atoms with Gasteiger partial charge in [0.25, 0.3) is 0 Å². The fourth-order valence-corrected chi connectivity index (χ4v) is 0. The molecular weight excluding hydrogens is 72.9 g/mol. The van der Waals surface area contributed by atoms with E-state index >= 15 is 0 Å². The van der Waals surface area contributed by atoms with Gasteiger partial charge in [-0.2, -0.15) is 0 Å². The van der Waals surface area contributed by atoms with Gasteiger partial charge in [-0.1, -0.05) is 6.58 Å². The summed E-state index contributed by atoms with van der Waals surface area (Å²) in [5.41, 5.74) is 1.09. The molecule has 34 valence electrons. The highest BCUT2D eigenvalue weighted by Crippen LogP contribution is 1.85. The second-order valence-corrected chi connectivity index (χ2v) is 1.63. The van der Waals surface area contributed by atoms with Gasteiger partial charge in [0.15, 0.2) is 0 Å². The molecule has 0 unspecified atom stereocenters. The maximum Gasteiger partial charge on any atom is 0.216 e. The third kappa shape index (κ3) is 1.88. The lowest BCUT2D eigenvalue weighted by molar-refractivity contribution is 0.684. The zero-order valence-electron chi connectivity index (χ0n) is 4.65. The summed E-state index contributed by atoms with van der Waals surface area (Å²) in [6.07, 6.45) is 0. The zero-order chi connectivity index (χ0) is 5.15. The third-order valence-corrected chi connectivity index (χ3v) is 0.763. The molecule has 0 aromatic heterocycles. The van der Waals surface area contributed by atoms with Crippen molar-refractivity contribution < 1.29 is 0 Å². The molecule has 0 saturated heterocycles. The highest BCUT2D eigenvalue weighted by Gasteiger charge is 1.79. The Balaban J connectivity index is 3.26. The van der Waals surface area contributed by atoms with Crippen molar-refractivity contribution in [3.63, 3.8) is 0 Å². The lowest BCUT2D eigenvalue weighted by Crippen LogP contribution is -2.08. The van der Waals surface area contributed by atoms with Gasteiger partial charge in [-0.05, 0) is 19.7 Å². The summed E-state index contributed by atoms with van der Waals surface area (Å²) in [7, 11) is 3.95. The van der Waals surface area contributed by atoms with E-state index < -0.39 is 0 Å². The van der Waals surface area contributed by atoms with Crippen LogP contribution in [-0.4, -0.2) is 19.8 Å². The van der Waals surface area contributed by atoms with Gasteiger partial charge in [0.2, 0.25) is 7.98 Å². The van der Waals surface area contributed by atoms with Crippen molar-refractivity contribution in [3.05, 3.63) is 12.3 Å². The van der Waals surface area contributed by atoms with Crippen LogP contribution in [0.4, 0.5) is 0 Å². The van der Waals surface area contributed by atoms with E-state index in [4.69, 9.17) is 0 Å². The molecule has 0 saturated carbocycles. The lowest BCUT2D eigenvalue weighted by atomic mass is 10.3. The van der Waals surface area contributed by atoms with Gasteiger partial charge in [0.05, 0.1) is 0 Å². The maximum absolute atomic E-state index is 3.68. The Labute approximate surface area is 40.1 Å². The number of rotatable bonds is 1. The van der Waals surface area contributed by atoms with Gasteiger partial charge >= 0.3 is 0 Å². The van der Waals surface area contributed by atoms with E-state index in [0.29, 0.717) is 0 Å². The predicted octanol–water partition coefficient (Wildman–Crippen LogP) is -0.0001000. The van der Waals surface area contributed by atoms with Crippen LogP contribution in [0.15, 0.2) is 12.3 Å². The second kappa shape index (κ2) is 1.90. The largest absolute Gasteiger partial charge is 0.428 e. The molecule has 6 heavy (non-hydrogen) atoms. The van der Waals surface area contributed by atoms with Gasteiger partial charge < -0.3 is 4.81 Å². The summed E-state index contributed by atoms with van der Waals surface area (Å²) in [6.45, 7) is 5.65. The van der Waals surface area contributed by atoms with Gasteiger partial charge in [-0.15, -0.1) is 0 Å². The van der Waals surface area contributed by atoms with Crippen LogP contribution in [0.5, 0.6) is 0 Å². The summed E-state index contributed by atoms with van der Waals surface area (Å²) in [4.78, 5) is 1.97. The first-order valence-corrected chi connectivity index (χ1v) is 1.97. The SMILES string of the molecule is BN(C)C(=C)C. The highest BCUT2D eigenvalue weighted by molar-refractivity contribution is 6.05. The van der Waals surface area contributed by atoms with Crippen LogP contribution in [0.2, 0.25) is 0 Å². The molecular formula is C4H10BN. The fourth-order valence-electron chi connectivity index (χ4n) is 0. The van der Waals surface area contributed by atoms with Crippen LogP contribution in [0.1, 0.15) is 6.92 Å². The van der Waals surface area contributed by atoms with Crippen LogP contribution in [-0.2, 0) is 0 Å². The third-order valence-electron chi connectivity index (χ3n) is 0.763. The van der Waals surface area contributed by atoms with Gasteiger partial charge in [-0.3, -0.25) is 0 Å². The molecule has 0 radical (unpaired) electrons. The summed E-state index contributed by atoms with van der Waals surface area (Å²) >= 11 is 0. The minimum absolute atomic E-state index is 1.09. The number of hydrogen-bond donors (Lipinski definition) is 0. The van der Waals surface area contributed by atoms with E-state index in [1.165, 1.54) is 0 Å². The molecule has 0 aromatic carbocycles. The molecule has 0 bridgehead atoms. The second-order valence-electron chi connectivity index (χ2n) is 1.63. The summed E-state index contributed by atoms with van der Waals surface area (Å²) in [5.74, 6) is 0. The minimum atomic E-state index is 1.09. The van der Waals surface area contributed by atoms with Gasteiger partial charge in [-0.25, -0.2) is 0 Å². The van der Waals surface area contributed by atoms with Crippen molar-refractivity contribution in [2.24, 2.45) is 0 Å².